The number of hydrogen-bond acceptors (Lipinski definition) is 1. The molecule has 0 saturated heterocycles. The maximum absolute atomic E-state index is 2.51. The Kier molecular flexibility index (Phi) is 9.60. The molecule has 0 fully saturated rings. The first kappa shape index (κ1) is 16.0. The fourth-order valence-corrected chi connectivity index (χ4v) is 2.11. The number of anilines is 1. The topological polar surface area (TPSA) is 3.24 Å². The third kappa shape index (κ3) is 4.80. The van der Waals surface area contributed by atoms with E-state index in [0.717, 1.165) is 0 Å². The van der Waals surface area contributed by atoms with Crippen LogP contribution in [0.5, 0.6) is 0 Å². The largest absolute Gasteiger partial charge is 0.371 e. The van der Waals surface area contributed by atoms with Crippen molar-refractivity contribution in [2.75, 3.05) is 18.0 Å². The van der Waals surface area contributed by atoms with Crippen molar-refractivity contribution in [3.63, 3.8) is 0 Å². The molecular formula is C16H29N. The molecule has 0 radical (unpaired) electrons. The standard InChI is InChI=1S/C12H17N.2C2H6/c1-2-9-13-10-5-7-11-6-3-4-8-12(11)13;2*1-2/h3-4,6,8H,2,5,7,9-10H2,1H3;2*1-2H3. The molecule has 0 bridgehead atoms. The number of fused-ring (bicyclic) bond motifs is 1. The van der Waals surface area contributed by atoms with Gasteiger partial charge in [0.2, 0.25) is 0 Å². The summed E-state index contributed by atoms with van der Waals surface area (Å²) in [5.74, 6) is 0. The van der Waals surface area contributed by atoms with Crippen molar-refractivity contribution in [1.29, 1.82) is 0 Å². The van der Waals surface area contributed by atoms with Crippen molar-refractivity contribution in [2.24, 2.45) is 0 Å². The van der Waals surface area contributed by atoms with Crippen molar-refractivity contribution in [2.45, 2.75) is 53.9 Å². The van der Waals surface area contributed by atoms with Gasteiger partial charge in [0.1, 0.15) is 0 Å². The lowest BCUT2D eigenvalue weighted by molar-refractivity contribution is 0.681. The molecule has 0 amide bonds. The Morgan fingerprint density at radius 3 is 2.35 bits per heavy atom. The second kappa shape index (κ2) is 10.2. The van der Waals surface area contributed by atoms with Gasteiger partial charge in [-0.2, -0.15) is 0 Å². The van der Waals surface area contributed by atoms with Gasteiger partial charge in [0.05, 0.1) is 0 Å². The number of rotatable bonds is 2. The zero-order valence-electron chi connectivity index (χ0n) is 12.3. The maximum Gasteiger partial charge on any atom is 0.0398 e. The lowest BCUT2D eigenvalue weighted by Crippen LogP contribution is -2.29. The van der Waals surface area contributed by atoms with E-state index in [-0.39, 0.29) is 0 Å². The molecule has 17 heavy (non-hydrogen) atoms. The molecule has 0 N–H and O–H groups in total. The summed E-state index contributed by atoms with van der Waals surface area (Å²) in [6.45, 7) is 12.7. The molecule has 1 aliphatic rings. The molecule has 1 nitrogen and oxygen atoms in total. The van der Waals surface area contributed by atoms with Crippen molar-refractivity contribution >= 4 is 5.69 Å². The summed E-state index contributed by atoms with van der Waals surface area (Å²) >= 11 is 0. The van der Waals surface area contributed by atoms with Gasteiger partial charge in [-0.15, -0.1) is 0 Å². The molecule has 2 rings (SSSR count). The molecule has 0 aromatic heterocycles. The van der Waals surface area contributed by atoms with Gasteiger partial charge in [-0.05, 0) is 30.9 Å². The Morgan fingerprint density at radius 1 is 1.06 bits per heavy atom. The first-order valence-electron chi connectivity index (χ1n) is 7.24. The van der Waals surface area contributed by atoms with Crippen molar-refractivity contribution in [3.8, 4) is 0 Å². The molecule has 0 saturated carbocycles. The Hall–Kier alpha value is -0.980. The summed E-state index contributed by atoms with van der Waals surface area (Å²) in [7, 11) is 0. The lowest BCUT2D eigenvalue weighted by atomic mass is 10.0. The van der Waals surface area contributed by atoms with Crippen LogP contribution in [0.15, 0.2) is 24.3 Å². The minimum absolute atomic E-state index is 1.21. The van der Waals surface area contributed by atoms with Gasteiger partial charge >= 0.3 is 0 Å². The molecule has 1 heteroatoms. The summed E-state index contributed by atoms with van der Waals surface area (Å²) in [4.78, 5) is 2.51. The zero-order chi connectivity index (χ0) is 13.1. The minimum Gasteiger partial charge on any atom is -0.371 e. The monoisotopic (exact) mass is 235 g/mol. The molecule has 0 atom stereocenters. The Labute approximate surface area is 108 Å². The first-order chi connectivity index (χ1) is 8.42. The van der Waals surface area contributed by atoms with E-state index in [0.29, 0.717) is 0 Å². The molecule has 1 aliphatic heterocycles. The summed E-state index contributed by atoms with van der Waals surface area (Å²) in [6, 6.07) is 8.81. The van der Waals surface area contributed by atoms with Crippen LogP contribution in [-0.2, 0) is 6.42 Å². The minimum atomic E-state index is 1.21. The molecule has 0 spiro atoms. The summed E-state index contributed by atoms with van der Waals surface area (Å²) in [5, 5.41) is 0. The highest BCUT2D eigenvalue weighted by Crippen LogP contribution is 2.26. The van der Waals surface area contributed by atoms with Crippen molar-refractivity contribution in [3.05, 3.63) is 29.8 Å². The number of nitrogens with zero attached hydrogens (tertiary/aromatic N) is 1. The van der Waals surface area contributed by atoms with Crippen molar-refractivity contribution < 1.29 is 0 Å². The lowest BCUT2D eigenvalue weighted by Gasteiger charge is -2.30. The molecular weight excluding hydrogens is 206 g/mol. The summed E-state index contributed by atoms with van der Waals surface area (Å²) < 4.78 is 0. The van der Waals surface area contributed by atoms with E-state index >= 15 is 0 Å². The highest BCUT2D eigenvalue weighted by Gasteiger charge is 2.14. The second-order valence-electron chi connectivity index (χ2n) is 3.72. The number of aryl methyl sites for hydroxylation is 1. The fourth-order valence-electron chi connectivity index (χ4n) is 2.11. The summed E-state index contributed by atoms with van der Waals surface area (Å²) in [6.07, 6.45) is 3.82. The Balaban J connectivity index is 0.000000581. The van der Waals surface area contributed by atoms with Crippen LogP contribution < -0.4 is 4.90 Å². The van der Waals surface area contributed by atoms with Crippen LogP contribution >= 0.6 is 0 Å². The zero-order valence-corrected chi connectivity index (χ0v) is 12.3. The molecule has 98 valence electrons. The van der Waals surface area contributed by atoms with Crippen LogP contribution in [0.4, 0.5) is 5.69 Å². The van der Waals surface area contributed by atoms with Crippen LogP contribution in [0.1, 0.15) is 53.0 Å². The van der Waals surface area contributed by atoms with E-state index in [4.69, 9.17) is 0 Å². The van der Waals surface area contributed by atoms with Crippen molar-refractivity contribution in [1.82, 2.24) is 0 Å². The van der Waals surface area contributed by atoms with Crippen LogP contribution in [0.2, 0.25) is 0 Å². The van der Waals surface area contributed by atoms with E-state index in [1.165, 1.54) is 43.6 Å². The van der Waals surface area contributed by atoms with E-state index in [2.05, 4.69) is 36.1 Å². The van der Waals surface area contributed by atoms with Gasteiger partial charge in [-0.25, -0.2) is 0 Å². The van der Waals surface area contributed by atoms with Gasteiger partial charge in [0.15, 0.2) is 0 Å². The van der Waals surface area contributed by atoms with Crippen LogP contribution in [0.3, 0.4) is 0 Å². The normalized spacial score (nSPS) is 12.6. The average molecular weight is 235 g/mol. The Morgan fingerprint density at radius 2 is 1.71 bits per heavy atom. The van der Waals surface area contributed by atoms with Gasteiger partial charge < -0.3 is 4.90 Å². The van der Waals surface area contributed by atoms with E-state index in [1.54, 1.807) is 0 Å². The molecule has 0 unspecified atom stereocenters. The highest BCUT2D eigenvalue weighted by molar-refractivity contribution is 5.55. The third-order valence-corrected chi connectivity index (χ3v) is 2.70. The number of hydrogen-bond donors (Lipinski definition) is 0. The number of para-hydroxylation sites is 1. The third-order valence-electron chi connectivity index (χ3n) is 2.70. The quantitative estimate of drug-likeness (QED) is 0.704. The van der Waals surface area contributed by atoms with Crippen LogP contribution in [0, 0.1) is 0 Å². The fraction of sp³-hybridized carbons (Fsp3) is 0.625. The number of benzene rings is 1. The van der Waals surface area contributed by atoms with E-state index < -0.39 is 0 Å². The summed E-state index contributed by atoms with van der Waals surface area (Å²) in [5.41, 5.74) is 3.00. The molecule has 1 aromatic carbocycles. The first-order valence-corrected chi connectivity index (χ1v) is 7.24. The molecule has 0 aliphatic carbocycles. The van der Waals surface area contributed by atoms with Crippen LogP contribution in [-0.4, -0.2) is 13.1 Å². The SMILES string of the molecule is CC.CC.CCCN1CCCc2ccccc21. The average Bonchev–Trinajstić information content (AvgIpc) is 2.44. The van der Waals surface area contributed by atoms with Gasteiger partial charge in [0, 0.05) is 18.8 Å². The predicted octanol–water partition coefficient (Wildman–Crippen LogP) is 4.90. The van der Waals surface area contributed by atoms with Gasteiger partial charge in [-0.1, -0.05) is 52.8 Å². The van der Waals surface area contributed by atoms with Gasteiger partial charge in [0.25, 0.3) is 0 Å². The van der Waals surface area contributed by atoms with E-state index in [1.807, 2.05) is 27.7 Å². The molecule has 1 aromatic rings. The second-order valence-corrected chi connectivity index (χ2v) is 3.72. The molecule has 1 heterocycles. The maximum atomic E-state index is 2.51. The van der Waals surface area contributed by atoms with Gasteiger partial charge in [-0.3, -0.25) is 0 Å². The smallest absolute Gasteiger partial charge is 0.0398 e. The van der Waals surface area contributed by atoms with E-state index in [9.17, 15) is 0 Å². The predicted molar refractivity (Wildman–Crippen MR) is 80.0 cm³/mol. The van der Waals surface area contributed by atoms with Crippen LogP contribution in [0.25, 0.3) is 0 Å². The Bertz CT molecular complexity index is 281. The highest BCUT2D eigenvalue weighted by atomic mass is 15.1.